The van der Waals surface area contributed by atoms with E-state index in [1.165, 1.54) is 0 Å². The normalized spacial score (nSPS) is 20.5. The van der Waals surface area contributed by atoms with E-state index in [1.54, 1.807) is 17.5 Å². The first-order chi connectivity index (χ1) is 10.6. The lowest BCUT2D eigenvalue weighted by Crippen LogP contribution is -2.53. The van der Waals surface area contributed by atoms with Gasteiger partial charge in [-0.1, -0.05) is 26.0 Å². The molecule has 1 aliphatic heterocycles. The fraction of sp³-hybridized carbons (Fsp3) is 0.412. The molecule has 5 heteroatoms. The first kappa shape index (κ1) is 15.2. The first-order valence-corrected chi connectivity index (χ1v) is 8.48. The van der Waals surface area contributed by atoms with Crippen LogP contribution in [0.1, 0.15) is 26.7 Å². The Kier molecular flexibility index (Phi) is 4.27. The average Bonchev–Trinajstić information content (AvgIpc) is 3.01. The monoisotopic (exact) mass is 315 g/mol. The van der Waals surface area contributed by atoms with Crippen LogP contribution in [-0.4, -0.2) is 23.5 Å². The van der Waals surface area contributed by atoms with Crippen molar-refractivity contribution in [3.63, 3.8) is 0 Å². The van der Waals surface area contributed by atoms with Gasteiger partial charge in [-0.15, -0.1) is 11.3 Å². The van der Waals surface area contributed by atoms with Gasteiger partial charge in [0.2, 0.25) is 5.91 Å². The molecule has 2 aromatic rings. The van der Waals surface area contributed by atoms with Crippen molar-refractivity contribution in [2.45, 2.75) is 32.7 Å². The van der Waals surface area contributed by atoms with Crippen LogP contribution in [-0.2, 0) is 4.79 Å². The number of anilines is 1. The number of carbonyl (C=O) groups excluding carboxylic acids is 1. The molecule has 0 saturated carbocycles. The minimum absolute atomic E-state index is 0.0186. The predicted molar refractivity (Wildman–Crippen MR) is 91.0 cm³/mol. The second-order valence-electron chi connectivity index (χ2n) is 6.39. The van der Waals surface area contributed by atoms with E-state index < -0.39 is 0 Å². The largest absolute Gasteiger partial charge is 0.325 e. The Morgan fingerprint density at radius 2 is 2.32 bits per heavy atom. The SMILES string of the molecule is CC1(C)CCCNC1C(=O)Nc1cccc(-c2nccs2)c1. The molecule has 1 unspecified atom stereocenters. The number of thiazole rings is 1. The number of hydrogen-bond acceptors (Lipinski definition) is 4. The van der Waals surface area contributed by atoms with Gasteiger partial charge in [-0.05, 0) is 36.9 Å². The zero-order chi connectivity index (χ0) is 15.6. The second-order valence-corrected chi connectivity index (χ2v) is 7.28. The first-order valence-electron chi connectivity index (χ1n) is 7.60. The zero-order valence-corrected chi connectivity index (χ0v) is 13.7. The van der Waals surface area contributed by atoms with Crippen LogP contribution in [0.4, 0.5) is 5.69 Å². The van der Waals surface area contributed by atoms with Crippen LogP contribution in [0, 0.1) is 5.41 Å². The Labute approximate surface area is 135 Å². The standard InChI is InChI=1S/C17H21N3OS/c1-17(2)7-4-8-18-14(17)15(21)20-13-6-3-5-12(11-13)16-19-9-10-22-16/h3,5-6,9-11,14,18H,4,7-8H2,1-2H3,(H,20,21). The Morgan fingerprint density at radius 1 is 1.45 bits per heavy atom. The molecule has 0 spiro atoms. The summed E-state index contributed by atoms with van der Waals surface area (Å²) in [4.78, 5) is 16.9. The van der Waals surface area contributed by atoms with E-state index in [4.69, 9.17) is 0 Å². The molecular formula is C17H21N3OS. The molecule has 4 nitrogen and oxygen atoms in total. The number of hydrogen-bond donors (Lipinski definition) is 2. The molecule has 1 aromatic heterocycles. The zero-order valence-electron chi connectivity index (χ0n) is 12.9. The van der Waals surface area contributed by atoms with Gasteiger partial charge >= 0.3 is 0 Å². The number of aromatic nitrogens is 1. The van der Waals surface area contributed by atoms with Crippen molar-refractivity contribution in [3.8, 4) is 10.6 Å². The van der Waals surface area contributed by atoms with E-state index in [9.17, 15) is 4.79 Å². The molecule has 0 radical (unpaired) electrons. The molecule has 0 aliphatic carbocycles. The van der Waals surface area contributed by atoms with Crippen LogP contribution >= 0.6 is 11.3 Å². The van der Waals surface area contributed by atoms with E-state index in [2.05, 4.69) is 29.5 Å². The summed E-state index contributed by atoms with van der Waals surface area (Å²) < 4.78 is 0. The van der Waals surface area contributed by atoms with E-state index in [-0.39, 0.29) is 17.4 Å². The third kappa shape index (κ3) is 3.20. The molecule has 2 N–H and O–H groups in total. The van der Waals surface area contributed by atoms with E-state index in [0.717, 1.165) is 35.6 Å². The van der Waals surface area contributed by atoms with Crippen LogP contribution in [0.15, 0.2) is 35.8 Å². The van der Waals surface area contributed by atoms with Crippen molar-refractivity contribution in [2.75, 3.05) is 11.9 Å². The Balaban J connectivity index is 1.75. The van der Waals surface area contributed by atoms with Gasteiger partial charge in [0.15, 0.2) is 0 Å². The van der Waals surface area contributed by atoms with Crippen LogP contribution < -0.4 is 10.6 Å². The van der Waals surface area contributed by atoms with E-state index in [0.29, 0.717) is 0 Å². The maximum atomic E-state index is 12.6. The van der Waals surface area contributed by atoms with Gasteiger partial charge in [0.25, 0.3) is 0 Å². The lowest BCUT2D eigenvalue weighted by Gasteiger charge is -2.38. The maximum Gasteiger partial charge on any atom is 0.242 e. The highest BCUT2D eigenvalue weighted by Gasteiger charge is 2.37. The van der Waals surface area contributed by atoms with Gasteiger partial charge in [0, 0.05) is 22.8 Å². The highest BCUT2D eigenvalue weighted by Crippen LogP contribution is 2.31. The van der Waals surface area contributed by atoms with Gasteiger partial charge in [-0.2, -0.15) is 0 Å². The molecule has 3 rings (SSSR count). The molecule has 1 atom stereocenters. The number of nitrogens with zero attached hydrogens (tertiary/aromatic N) is 1. The summed E-state index contributed by atoms with van der Waals surface area (Å²) in [5, 5.41) is 9.31. The lowest BCUT2D eigenvalue weighted by molar-refractivity contribution is -0.121. The summed E-state index contributed by atoms with van der Waals surface area (Å²) in [6.45, 7) is 5.20. The summed E-state index contributed by atoms with van der Waals surface area (Å²) in [5.74, 6) is 0.0426. The summed E-state index contributed by atoms with van der Waals surface area (Å²) in [5.41, 5.74) is 1.83. The fourth-order valence-corrected chi connectivity index (χ4v) is 3.60. The number of benzene rings is 1. The van der Waals surface area contributed by atoms with E-state index in [1.807, 2.05) is 29.6 Å². The molecule has 1 aliphatic rings. The molecule has 116 valence electrons. The minimum atomic E-state index is -0.148. The second kappa shape index (κ2) is 6.18. The van der Waals surface area contributed by atoms with Crippen molar-refractivity contribution in [3.05, 3.63) is 35.8 Å². The van der Waals surface area contributed by atoms with Crippen molar-refractivity contribution in [2.24, 2.45) is 5.41 Å². The van der Waals surface area contributed by atoms with Gasteiger partial charge in [-0.25, -0.2) is 4.98 Å². The summed E-state index contributed by atoms with van der Waals surface area (Å²) in [6.07, 6.45) is 3.98. The quantitative estimate of drug-likeness (QED) is 0.911. The van der Waals surface area contributed by atoms with Gasteiger partial charge in [-0.3, -0.25) is 4.79 Å². The predicted octanol–water partition coefficient (Wildman–Crippen LogP) is 3.53. The number of rotatable bonds is 3. The van der Waals surface area contributed by atoms with Crippen LogP contribution in [0.25, 0.3) is 10.6 Å². The molecule has 1 amide bonds. The van der Waals surface area contributed by atoms with Crippen molar-refractivity contribution >= 4 is 22.9 Å². The number of piperidine rings is 1. The van der Waals surface area contributed by atoms with Crippen molar-refractivity contribution in [1.29, 1.82) is 0 Å². The Bertz CT molecular complexity index is 652. The summed E-state index contributed by atoms with van der Waals surface area (Å²) >= 11 is 1.60. The van der Waals surface area contributed by atoms with E-state index >= 15 is 0 Å². The van der Waals surface area contributed by atoms with Crippen LogP contribution in [0.3, 0.4) is 0 Å². The third-order valence-corrected chi connectivity index (χ3v) is 5.02. The van der Waals surface area contributed by atoms with Crippen molar-refractivity contribution < 1.29 is 4.79 Å². The third-order valence-electron chi connectivity index (χ3n) is 4.20. The van der Waals surface area contributed by atoms with Crippen LogP contribution in [0.5, 0.6) is 0 Å². The number of nitrogens with one attached hydrogen (secondary N) is 2. The van der Waals surface area contributed by atoms with Gasteiger partial charge < -0.3 is 10.6 Å². The number of carbonyl (C=O) groups is 1. The topological polar surface area (TPSA) is 54.0 Å². The molecule has 1 fully saturated rings. The van der Waals surface area contributed by atoms with Crippen LogP contribution in [0.2, 0.25) is 0 Å². The van der Waals surface area contributed by atoms with Crippen molar-refractivity contribution in [1.82, 2.24) is 10.3 Å². The Morgan fingerprint density at radius 3 is 3.05 bits per heavy atom. The molecule has 22 heavy (non-hydrogen) atoms. The molecule has 2 heterocycles. The Hall–Kier alpha value is -1.72. The smallest absolute Gasteiger partial charge is 0.242 e. The lowest BCUT2D eigenvalue weighted by atomic mass is 9.77. The maximum absolute atomic E-state index is 12.6. The summed E-state index contributed by atoms with van der Waals surface area (Å²) in [7, 11) is 0. The summed E-state index contributed by atoms with van der Waals surface area (Å²) in [6, 6.07) is 7.71. The highest BCUT2D eigenvalue weighted by molar-refractivity contribution is 7.13. The molecule has 1 saturated heterocycles. The molecule has 1 aromatic carbocycles. The van der Waals surface area contributed by atoms with Gasteiger partial charge in [0.1, 0.15) is 5.01 Å². The fourth-order valence-electron chi connectivity index (χ4n) is 2.97. The highest BCUT2D eigenvalue weighted by atomic mass is 32.1. The molecule has 0 bridgehead atoms. The van der Waals surface area contributed by atoms with Gasteiger partial charge in [0.05, 0.1) is 6.04 Å². The minimum Gasteiger partial charge on any atom is -0.325 e. The number of amides is 1. The average molecular weight is 315 g/mol. The molecular weight excluding hydrogens is 294 g/mol.